The number of benzene rings is 2. The van der Waals surface area contributed by atoms with E-state index in [-0.39, 0.29) is 6.61 Å². The molecule has 2 aromatic heterocycles. The SMILES string of the molecule is FC(F)(F)c1cccc(CC2(Cn3ccnc3)COC(c3ccc(-c4ccsc4)cc3)=N2)c1. The first-order valence-electron chi connectivity index (χ1n) is 10.4. The van der Waals surface area contributed by atoms with Gasteiger partial charge in [-0.1, -0.05) is 30.3 Å². The first-order chi connectivity index (χ1) is 15.9. The molecular formula is C25H20F3N3OS. The van der Waals surface area contributed by atoms with E-state index >= 15 is 0 Å². The molecular weight excluding hydrogens is 447 g/mol. The van der Waals surface area contributed by atoms with Crippen LogP contribution < -0.4 is 0 Å². The van der Waals surface area contributed by atoms with Gasteiger partial charge in [0.25, 0.3) is 0 Å². The van der Waals surface area contributed by atoms with Crippen molar-refractivity contribution in [3.63, 3.8) is 0 Å². The Kier molecular flexibility index (Phi) is 5.54. The number of rotatable bonds is 6. The molecule has 1 unspecified atom stereocenters. The van der Waals surface area contributed by atoms with Crippen LogP contribution >= 0.6 is 11.3 Å². The number of hydrogen-bond donors (Lipinski definition) is 0. The molecule has 4 aromatic rings. The summed E-state index contributed by atoms with van der Waals surface area (Å²) in [5.74, 6) is 0.499. The van der Waals surface area contributed by atoms with Gasteiger partial charge in [0.1, 0.15) is 12.1 Å². The maximum Gasteiger partial charge on any atom is 0.416 e. The molecule has 33 heavy (non-hydrogen) atoms. The molecule has 0 amide bonds. The lowest BCUT2D eigenvalue weighted by Crippen LogP contribution is -2.36. The van der Waals surface area contributed by atoms with Gasteiger partial charge in [0.05, 0.1) is 18.4 Å². The van der Waals surface area contributed by atoms with Crippen molar-refractivity contribution < 1.29 is 17.9 Å². The van der Waals surface area contributed by atoms with E-state index in [9.17, 15) is 13.2 Å². The van der Waals surface area contributed by atoms with Crippen LogP contribution in [0.5, 0.6) is 0 Å². The average Bonchev–Trinajstić information content (AvgIpc) is 3.57. The zero-order valence-electron chi connectivity index (χ0n) is 17.5. The fourth-order valence-electron chi connectivity index (χ4n) is 4.05. The molecule has 1 aliphatic heterocycles. The third-order valence-corrected chi connectivity index (χ3v) is 6.31. The van der Waals surface area contributed by atoms with E-state index in [2.05, 4.69) is 16.4 Å². The van der Waals surface area contributed by atoms with Crippen molar-refractivity contribution in [2.45, 2.75) is 24.7 Å². The van der Waals surface area contributed by atoms with Gasteiger partial charge in [-0.15, -0.1) is 0 Å². The van der Waals surface area contributed by atoms with Crippen molar-refractivity contribution >= 4 is 17.2 Å². The Morgan fingerprint density at radius 2 is 1.85 bits per heavy atom. The Morgan fingerprint density at radius 3 is 2.55 bits per heavy atom. The number of aromatic nitrogens is 2. The summed E-state index contributed by atoms with van der Waals surface area (Å²) in [6.07, 6.45) is 1.08. The molecule has 0 bridgehead atoms. The van der Waals surface area contributed by atoms with Gasteiger partial charge >= 0.3 is 6.18 Å². The summed E-state index contributed by atoms with van der Waals surface area (Å²) >= 11 is 1.64. The number of alkyl halides is 3. The second-order valence-electron chi connectivity index (χ2n) is 8.13. The second-order valence-corrected chi connectivity index (χ2v) is 8.91. The minimum Gasteiger partial charge on any atom is -0.475 e. The Hall–Kier alpha value is -3.39. The van der Waals surface area contributed by atoms with Crippen LogP contribution in [-0.4, -0.2) is 27.6 Å². The number of ether oxygens (including phenoxy) is 1. The topological polar surface area (TPSA) is 39.4 Å². The number of imidazole rings is 1. The third kappa shape index (κ3) is 4.71. The summed E-state index contributed by atoms with van der Waals surface area (Å²) in [5, 5.41) is 4.12. The maximum absolute atomic E-state index is 13.2. The van der Waals surface area contributed by atoms with Gasteiger partial charge in [-0.3, -0.25) is 0 Å². The lowest BCUT2D eigenvalue weighted by atomic mass is 9.91. The van der Waals surface area contributed by atoms with Crippen LogP contribution in [-0.2, 0) is 23.9 Å². The molecule has 168 valence electrons. The molecule has 8 heteroatoms. The van der Waals surface area contributed by atoms with Crippen molar-refractivity contribution in [1.29, 1.82) is 0 Å². The molecule has 1 aliphatic rings. The molecule has 2 aromatic carbocycles. The Bertz CT molecular complexity index is 1250. The van der Waals surface area contributed by atoms with Crippen molar-refractivity contribution in [2.24, 2.45) is 4.99 Å². The van der Waals surface area contributed by atoms with E-state index in [1.54, 1.807) is 29.9 Å². The minimum absolute atomic E-state index is 0.267. The van der Waals surface area contributed by atoms with E-state index in [4.69, 9.17) is 9.73 Å². The van der Waals surface area contributed by atoms with Crippen LogP contribution in [0.25, 0.3) is 11.1 Å². The summed E-state index contributed by atoms with van der Waals surface area (Å²) in [6, 6.07) is 15.4. The summed E-state index contributed by atoms with van der Waals surface area (Å²) in [7, 11) is 0. The van der Waals surface area contributed by atoms with Crippen LogP contribution in [0, 0.1) is 0 Å². The Labute approximate surface area is 193 Å². The minimum atomic E-state index is -4.39. The molecule has 0 aliphatic carbocycles. The summed E-state index contributed by atoms with van der Waals surface area (Å²) in [5.41, 5.74) is 2.25. The molecule has 0 N–H and O–H groups in total. The van der Waals surface area contributed by atoms with E-state index in [0.29, 0.717) is 24.4 Å². The first kappa shape index (κ1) is 21.5. The quantitative estimate of drug-likeness (QED) is 0.344. The van der Waals surface area contributed by atoms with Gasteiger partial charge in [-0.2, -0.15) is 24.5 Å². The molecule has 0 saturated heterocycles. The Morgan fingerprint density at radius 1 is 1.03 bits per heavy atom. The maximum atomic E-state index is 13.2. The number of aliphatic imine (C=N–C) groups is 1. The predicted molar refractivity (Wildman–Crippen MR) is 122 cm³/mol. The molecule has 0 saturated carbocycles. The number of nitrogens with zero attached hydrogens (tertiary/aromatic N) is 3. The second kappa shape index (κ2) is 8.51. The number of thiophene rings is 1. The van der Waals surface area contributed by atoms with Crippen LogP contribution in [0.4, 0.5) is 13.2 Å². The van der Waals surface area contributed by atoms with Crippen LogP contribution in [0.3, 0.4) is 0 Å². The van der Waals surface area contributed by atoms with Gasteiger partial charge in [0.2, 0.25) is 5.90 Å². The van der Waals surface area contributed by atoms with Crippen molar-refractivity contribution in [2.75, 3.05) is 6.61 Å². The van der Waals surface area contributed by atoms with Crippen molar-refractivity contribution in [3.8, 4) is 11.1 Å². The summed E-state index contributed by atoms with van der Waals surface area (Å²) < 4.78 is 47.6. The largest absolute Gasteiger partial charge is 0.475 e. The monoisotopic (exact) mass is 467 g/mol. The molecule has 0 radical (unpaired) electrons. The lowest BCUT2D eigenvalue weighted by molar-refractivity contribution is -0.137. The highest BCUT2D eigenvalue weighted by atomic mass is 32.1. The molecule has 3 heterocycles. The van der Waals surface area contributed by atoms with Crippen LogP contribution in [0.2, 0.25) is 0 Å². The van der Waals surface area contributed by atoms with Crippen molar-refractivity contribution in [1.82, 2.24) is 9.55 Å². The molecule has 0 fully saturated rings. The van der Waals surface area contributed by atoms with Crippen molar-refractivity contribution in [3.05, 3.63) is 101 Å². The normalized spacial score (nSPS) is 18.2. The highest BCUT2D eigenvalue weighted by Crippen LogP contribution is 2.33. The zero-order chi connectivity index (χ0) is 22.9. The van der Waals surface area contributed by atoms with E-state index in [0.717, 1.165) is 22.8 Å². The van der Waals surface area contributed by atoms with Gasteiger partial charge in [-0.25, -0.2) is 9.98 Å². The van der Waals surface area contributed by atoms with Crippen LogP contribution in [0.1, 0.15) is 16.7 Å². The number of halogens is 3. The van der Waals surface area contributed by atoms with E-state index < -0.39 is 17.3 Å². The van der Waals surface area contributed by atoms with E-state index in [1.165, 1.54) is 12.1 Å². The lowest BCUT2D eigenvalue weighted by Gasteiger charge is -2.25. The third-order valence-electron chi connectivity index (χ3n) is 5.63. The highest BCUT2D eigenvalue weighted by molar-refractivity contribution is 7.08. The van der Waals surface area contributed by atoms with E-state index in [1.807, 2.05) is 40.4 Å². The molecule has 1 atom stereocenters. The predicted octanol–water partition coefficient (Wildman–Crippen LogP) is 6.09. The van der Waals surface area contributed by atoms with Gasteiger partial charge < -0.3 is 9.30 Å². The van der Waals surface area contributed by atoms with Crippen LogP contribution in [0.15, 0.2) is 89.1 Å². The molecule has 0 spiro atoms. The summed E-state index contributed by atoms with van der Waals surface area (Å²) in [6.45, 7) is 0.711. The van der Waals surface area contributed by atoms with Gasteiger partial charge in [-0.05, 0) is 51.7 Å². The fraction of sp³-hybridized carbons (Fsp3) is 0.200. The highest BCUT2D eigenvalue weighted by Gasteiger charge is 2.39. The molecule has 5 rings (SSSR count). The first-order valence-corrected chi connectivity index (χ1v) is 11.3. The fourth-order valence-corrected chi connectivity index (χ4v) is 4.71. The van der Waals surface area contributed by atoms with Gasteiger partial charge in [0.15, 0.2) is 0 Å². The smallest absolute Gasteiger partial charge is 0.416 e. The average molecular weight is 468 g/mol. The van der Waals surface area contributed by atoms with Gasteiger partial charge in [0, 0.05) is 24.4 Å². The standard InChI is InChI=1S/C25H20F3N3OS/c26-25(27,28)22-3-1-2-18(12-22)13-24(15-31-10-9-29-17-31)16-32-23(30-24)20-6-4-19(5-7-20)21-8-11-33-14-21/h1-12,14,17H,13,15-16H2. The Balaban J connectivity index is 1.46. The summed E-state index contributed by atoms with van der Waals surface area (Å²) in [4.78, 5) is 9.00. The zero-order valence-corrected chi connectivity index (χ0v) is 18.3. The molecule has 4 nitrogen and oxygen atoms in total. The number of hydrogen-bond acceptors (Lipinski definition) is 4.